The average molecular weight is 440 g/mol. The van der Waals surface area contributed by atoms with Crippen LogP contribution in [0.5, 0.6) is 0 Å². The highest BCUT2D eigenvalue weighted by Gasteiger charge is 2.31. The summed E-state index contributed by atoms with van der Waals surface area (Å²) >= 11 is 0. The van der Waals surface area contributed by atoms with Gasteiger partial charge in [0.1, 0.15) is 0 Å². The van der Waals surface area contributed by atoms with Crippen molar-refractivity contribution in [3.05, 3.63) is 24.3 Å². The summed E-state index contributed by atoms with van der Waals surface area (Å²) in [6.07, 6.45) is 0.294. The molecule has 2 rings (SSSR count). The van der Waals surface area contributed by atoms with Crippen molar-refractivity contribution in [2.24, 2.45) is 5.14 Å². The summed E-state index contributed by atoms with van der Waals surface area (Å²) in [6, 6.07) is 3.80. The molecule has 0 aliphatic carbocycles. The molecule has 1 atom stereocenters. The predicted octanol–water partition coefficient (Wildman–Crippen LogP) is -1.35. The van der Waals surface area contributed by atoms with Gasteiger partial charge in [0.15, 0.2) is 9.84 Å². The van der Waals surface area contributed by atoms with Gasteiger partial charge in [-0.15, -0.1) is 0 Å². The molecule has 1 amide bonds. The molecule has 10 nitrogen and oxygen atoms in total. The van der Waals surface area contributed by atoms with Crippen LogP contribution in [0.15, 0.2) is 34.1 Å². The van der Waals surface area contributed by atoms with Gasteiger partial charge in [-0.2, -0.15) is 4.31 Å². The summed E-state index contributed by atoms with van der Waals surface area (Å²) < 4.78 is 71.6. The Morgan fingerprint density at radius 1 is 1.19 bits per heavy atom. The third-order valence-corrected chi connectivity index (χ3v) is 8.69. The molecule has 1 aromatic carbocycles. The van der Waals surface area contributed by atoms with E-state index in [0.717, 1.165) is 28.6 Å². The topological polar surface area (TPSA) is 161 Å². The van der Waals surface area contributed by atoms with Crippen LogP contribution in [-0.2, 0) is 34.7 Å². The second-order valence-corrected chi connectivity index (χ2v) is 11.8. The van der Waals surface area contributed by atoms with Gasteiger partial charge in [-0.3, -0.25) is 4.79 Å². The first-order valence-corrected chi connectivity index (χ1v) is 12.8. The van der Waals surface area contributed by atoms with E-state index in [0.29, 0.717) is 6.42 Å². The molecule has 1 aliphatic rings. The van der Waals surface area contributed by atoms with Gasteiger partial charge >= 0.3 is 0 Å². The fourth-order valence-corrected chi connectivity index (χ4v) is 6.25. The molecule has 1 aromatic rings. The van der Waals surface area contributed by atoms with Crippen molar-refractivity contribution in [1.29, 1.82) is 0 Å². The fourth-order valence-electron chi connectivity index (χ4n) is 2.66. The second-order valence-electron chi connectivity index (χ2n) is 6.12. The van der Waals surface area contributed by atoms with Gasteiger partial charge in [-0.05, 0) is 30.7 Å². The van der Waals surface area contributed by atoms with E-state index in [1.165, 1.54) is 0 Å². The zero-order valence-electron chi connectivity index (χ0n) is 14.5. The number of nitrogens with two attached hydrogens (primary N) is 1. The zero-order valence-corrected chi connectivity index (χ0v) is 17.0. The van der Waals surface area contributed by atoms with E-state index in [1.54, 1.807) is 6.92 Å². The second kappa shape index (κ2) is 7.83. The number of rotatable bonds is 7. The van der Waals surface area contributed by atoms with Gasteiger partial charge < -0.3 is 5.32 Å². The van der Waals surface area contributed by atoms with Crippen molar-refractivity contribution in [3.63, 3.8) is 0 Å². The van der Waals surface area contributed by atoms with Crippen LogP contribution in [0.1, 0.15) is 13.3 Å². The van der Waals surface area contributed by atoms with Crippen LogP contribution in [0.2, 0.25) is 0 Å². The van der Waals surface area contributed by atoms with Gasteiger partial charge in [0.2, 0.25) is 26.0 Å². The van der Waals surface area contributed by atoms with Crippen LogP contribution in [0.25, 0.3) is 0 Å². The number of nitrogens with zero attached hydrogens (tertiary/aromatic N) is 1. The monoisotopic (exact) mass is 439 g/mol. The number of likely N-dealkylation sites (N-methyl/N-ethyl adjacent to an activating group) is 1. The lowest BCUT2D eigenvalue weighted by Crippen LogP contribution is -2.44. The molecular weight excluding hydrogens is 418 g/mol. The Hall–Kier alpha value is -1.54. The number of primary sulfonamides is 1. The summed E-state index contributed by atoms with van der Waals surface area (Å²) in [5.74, 6) is -0.778. The van der Waals surface area contributed by atoms with Crippen molar-refractivity contribution >= 4 is 35.8 Å². The number of nitrogens with one attached hydrogen (secondary N) is 1. The molecule has 1 saturated heterocycles. The highest BCUT2D eigenvalue weighted by molar-refractivity contribution is 7.91. The largest absolute Gasteiger partial charge is 0.351 e. The van der Waals surface area contributed by atoms with E-state index < -0.39 is 48.4 Å². The average Bonchev–Trinajstić information content (AvgIpc) is 2.90. The van der Waals surface area contributed by atoms with Crippen molar-refractivity contribution in [3.8, 4) is 0 Å². The number of hydrogen-bond donors (Lipinski definition) is 2. The molecule has 0 radical (unpaired) electrons. The molecule has 1 heterocycles. The standard InChI is InChI=1S/C14H21N3O7S3/c1-2-17(9-14(18)16-11-7-8-25(19,20)10-11)27(23,24)13-5-3-12(4-6-13)26(15,21)22/h3-6,11H,2,7-10H2,1H3,(H,16,18)(H2,15,21,22). The fraction of sp³-hybridized carbons (Fsp3) is 0.500. The Morgan fingerprint density at radius 2 is 1.74 bits per heavy atom. The van der Waals surface area contributed by atoms with E-state index in [1.807, 2.05) is 0 Å². The molecule has 0 spiro atoms. The van der Waals surface area contributed by atoms with E-state index in [9.17, 15) is 30.0 Å². The van der Waals surface area contributed by atoms with Gasteiger partial charge in [0.25, 0.3) is 0 Å². The molecule has 1 aliphatic heterocycles. The summed E-state index contributed by atoms with van der Waals surface area (Å²) in [7, 11) is -11.2. The Morgan fingerprint density at radius 3 is 2.19 bits per heavy atom. The van der Waals surface area contributed by atoms with Gasteiger partial charge in [-0.25, -0.2) is 30.4 Å². The minimum absolute atomic E-state index is 0.00431. The Bertz CT molecular complexity index is 1020. The molecule has 27 heavy (non-hydrogen) atoms. The lowest BCUT2D eigenvalue weighted by atomic mass is 10.2. The third kappa shape index (κ3) is 5.48. The summed E-state index contributed by atoms with van der Waals surface area (Å²) in [5.41, 5.74) is 0. The van der Waals surface area contributed by atoms with Crippen molar-refractivity contribution in [2.45, 2.75) is 29.2 Å². The van der Waals surface area contributed by atoms with Gasteiger partial charge in [-0.1, -0.05) is 6.92 Å². The summed E-state index contributed by atoms with van der Waals surface area (Å²) in [5, 5.41) is 7.51. The molecule has 1 unspecified atom stereocenters. The molecule has 13 heteroatoms. The smallest absolute Gasteiger partial charge is 0.243 e. The molecule has 0 aromatic heterocycles. The number of amides is 1. The van der Waals surface area contributed by atoms with Crippen LogP contribution < -0.4 is 10.5 Å². The van der Waals surface area contributed by atoms with Crippen molar-refractivity contribution < 1.29 is 30.0 Å². The normalized spacial score (nSPS) is 19.9. The minimum Gasteiger partial charge on any atom is -0.351 e. The molecule has 0 saturated carbocycles. The molecule has 0 bridgehead atoms. The lowest BCUT2D eigenvalue weighted by Gasteiger charge is -2.21. The first kappa shape index (κ1) is 21.8. The van der Waals surface area contributed by atoms with Gasteiger partial charge in [0.05, 0.1) is 27.8 Å². The maximum Gasteiger partial charge on any atom is 0.243 e. The quantitative estimate of drug-likeness (QED) is 0.531. The van der Waals surface area contributed by atoms with Crippen LogP contribution in [-0.4, -0.2) is 66.1 Å². The van der Waals surface area contributed by atoms with E-state index in [-0.39, 0.29) is 27.8 Å². The SMILES string of the molecule is CCN(CC(=O)NC1CCS(=O)(=O)C1)S(=O)(=O)c1ccc(S(N)(=O)=O)cc1. The maximum atomic E-state index is 12.7. The highest BCUT2D eigenvalue weighted by Crippen LogP contribution is 2.18. The molecule has 1 fully saturated rings. The van der Waals surface area contributed by atoms with Gasteiger partial charge in [0, 0.05) is 12.6 Å². The number of hydrogen-bond acceptors (Lipinski definition) is 7. The van der Waals surface area contributed by atoms with E-state index >= 15 is 0 Å². The van der Waals surface area contributed by atoms with Crippen LogP contribution in [0.4, 0.5) is 0 Å². The molecular formula is C14H21N3O7S3. The van der Waals surface area contributed by atoms with Crippen molar-refractivity contribution in [1.82, 2.24) is 9.62 Å². The first-order chi connectivity index (χ1) is 12.3. The van der Waals surface area contributed by atoms with Crippen LogP contribution in [0, 0.1) is 0 Å². The number of benzene rings is 1. The summed E-state index contributed by atoms with van der Waals surface area (Å²) in [6.45, 7) is 1.06. The van der Waals surface area contributed by atoms with Crippen molar-refractivity contribution in [2.75, 3.05) is 24.6 Å². The predicted molar refractivity (Wildman–Crippen MR) is 97.4 cm³/mol. The first-order valence-electron chi connectivity index (χ1n) is 7.98. The van der Waals surface area contributed by atoms with Crippen LogP contribution >= 0.6 is 0 Å². The Kier molecular flexibility index (Phi) is 6.31. The maximum absolute atomic E-state index is 12.7. The number of sulfone groups is 1. The number of carbonyl (C=O) groups excluding carboxylic acids is 1. The molecule has 3 N–H and O–H groups in total. The third-order valence-electron chi connectivity index (χ3n) is 4.06. The van der Waals surface area contributed by atoms with E-state index in [2.05, 4.69) is 5.32 Å². The minimum atomic E-state index is -4.05. The highest BCUT2D eigenvalue weighted by atomic mass is 32.2. The Labute approximate surface area is 158 Å². The Balaban J connectivity index is 2.12. The zero-order chi connectivity index (χ0) is 20.5. The summed E-state index contributed by atoms with van der Waals surface area (Å²) in [4.78, 5) is 11.7. The number of sulfonamides is 2. The van der Waals surface area contributed by atoms with E-state index in [4.69, 9.17) is 5.14 Å². The molecule has 152 valence electrons. The van der Waals surface area contributed by atoms with Crippen LogP contribution in [0.3, 0.4) is 0 Å². The lowest BCUT2D eigenvalue weighted by molar-refractivity contribution is -0.121. The number of carbonyl (C=O) groups is 1.